The summed E-state index contributed by atoms with van der Waals surface area (Å²) in [5.41, 5.74) is 5.08. The molecule has 4 aromatic heterocycles. The van der Waals surface area contributed by atoms with E-state index in [1.807, 2.05) is 147 Å². The lowest BCUT2D eigenvalue weighted by atomic mass is 9.96. The maximum atomic E-state index is 6.41. The highest BCUT2D eigenvalue weighted by atomic mass is 16.5. The fourth-order valence-corrected chi connectivity index (χ4v) is 5.71. The molecule has 0 aliphatic heterocycles. The quantitative estimate of drug-likeness (QED) is 0.170. The molecular weight excluding hydrogens is 610 g/mol. The summed E-state index contributed by atoms with van der Waals surface area (Å²) in [7, 11) is 0. The first-order valence-electron chi connectivity index (χ1n) is 15.9. The second-order valence-corrected chi connectivity index (χ2v) is 12.7. The SMILES string of the molecule is CC(C)(C)c1nnc(-n2c3cc(Oc4cccc(-c5ccccn5)c4)ccc3c3ccc(Oc4cccc(-c5ccccn5)c4)cc32)nn1. The number of hydrogen-bond donors (Lipinski definition) is 0. The Morgan fingerprint density at radius 1 is 0.490 bits per heavy atom. The smallest absolute Gasteiger partial charge is 0.273 e. The first kappa shape index (κ1) is 29.9. The molecule has 0 amide bonds. The molecule has 49 heavy (non-hydrogen) atoms. The number of ether oxygens (including phenoxy) is 2. The zero-order chi connectivity index (χ0) is 33.4. The number of benzene rings is 4. The summed E-state index contributed by atoms with van der Waals surface area (Å²) < 4.78 is 14.8. The highest BCUT2D eigenvalue weighted by Crippen LogP contribution is 2.38. The van der Waals surface area contributed by atoms with Gasteiger partial charge in [-0.1, -0.05) is 57.2 Å². The maximum absolute atomic E-state index is 6.41. The third kappa shape index (κ3) is 6.05. The van der Waals surface area contributed by atoms with Crippen LogP contribution in [0.2, 0.25) is 0 Å². The average Bonchev–Trinajstić information content (AvgIpc) is 3.45. The Morgan fingerprint density at radius 2 is 0.980 bits per heavy atom. The monoisotopic (exact) mass is 641 g/mol. The first-order chi connectivity index (χ1) is 23.9. The summed E-state index contributed by atoms with van der Waals surface area (Å²) in [6.45, 7) is 6.10. The number of nitrogens with zero attached hydrogens (tertiary/aromatic N) is 7. The van der Waals surface area contributed by atoms with Crippen LogP contribution in [0.5, 0.6) is 23.0 Å². The summed E-state index contributed by atoms with van der Waals surface area (Å²) in [4.78, 5) is 8.97. The van der Waals surface area contributed by atoms with E-state index in [9.17, 15) is 0 Å². The van der Waals surface area contributed by atoms with E-state index in [4.69, 9.17) is 9.47 Å². The largest absolute Gasteiger partial charge is 0.457 e. The Balaban J connectivity index is 1.21. The predicted octanol–water partition coefficient (Wildman–Crippen LogP) is 9.37. The number of fused-ring (bicyclic) bond motifs is 3. The van der Waals surface area contributed by atoms with Crippen LogP contribution < -0.4 is 9.47 Å². The van der Waals surface area contributed by atoms with Gasteiger partial charge in [-0.3, -0.25) is 14.5 Å². The van der Waals surface area contributed by atoms with E-state index in [-0.39, 0.29) is 5.41 Å². The summed E-state index contributed by atoms with van der Waals surface area (Å²) in [5, 5.41) is 20.0. The van der Waals surface area contributed by atoms with Crippen molar-refractivity contribution in [1.29, 1.82) is 0 Å². The topological polar surface area (TPSA) is 101 Å². The fourth-order valence-electron chi connectivity index (χ4n) is 5.71. The van der Waals surface area contributed by atoms with E-state index in [1.54, 1.807) is 12.4 Å². The molecule has 9 nitrogen and oxygen atoms in total. The van der Waals surface area contributed by atoms with Gasteiger partial charge in [-0.05, 0) is 72.8 Å². The van der Waals surface area contributed by atoms with Crippen molar-refractivity contribution in [2.24, 2.45) is 0 Å². The molecule has 0 unspecified atom stereocenters. The van der Waals surface area contributed by atoms with Gasteiger partial charge in [-0.2, -0.15) is 0 Å². The van der Waals surface area contributed by atoms with E-state index < -0.39 is 0 Å². The molecule has 0 atom stereocenters. The lowest BCUT2D eigenvalue weighted by molar-refractivity contribution is 0.483. The zero-order valence-corrected chi connectivity index (χ0v) is 27.1. The molecule has 0 aliphatic carbocycles. The van der Waals surface area contributed by atoms with Crippen molar-refractivity contribution < 1.29 is 9.47 Å². The van der Waals surface area contributed by atoms with Gasteiger partial charge in [0.2, 0.25) is 0 Å². The number of hydrogen-bond acceptors (Lipinski definition) is 8. The van der Waals surface area contributed by atoms with E-state index in [2.05, 4.69) is 30.4 Å². The molecule has 238 valence electrons. The van der Waals surface area contributed by atoms with Crippen molar-refractivity contribution in [3.8, 4) is 51.5 Å². The second kappa shape index (κ2) is 12.3. The van der Waals surface area contributed by atoms with E-state index in [0.717, 1.165) is 44.3 Å². The Bertz CT molecular complexity index is 2280. The molecular formula is C40H31N7O2. The van der Waals surface area contributed by atoms with Gasteiger partial charge in [-0.15, -0.1) is 20.4 Å². The molecule has 9 heteroatoms. The number of rotatable bonds is 7. The van der Waals surface area contributed by atoms with Crippen molar-refractivity contribution in [1.82, 2.24) is 34.9 Å². The Morgan fingerprint density at radius 3 is 1.43 bits per heavy atom. The lowest BCUT2D eigenvalue weighted by Gasteiger charge is -2.14. The van der Waals surface area contributed by atoms with Crippen molar-refractivity contribution >= 4 is 21.8 Å². The van der Waals surface area contributed by atoms with Gasteiger partial charge in [0.1, 0.15) is 23.0 Å². The average molecular weight is 642 g/mol. The highest BCUT2D eigenvalue weighted by Gasteiger charge is 2.21. The molecule has 8 rings (SSSR count). The molecule has 0 bridgehead atoms. The van der Waals surface area contributed by atoms with Gasteiger partial charge in [-0.25, -0.2) is 0 Å². The maximum Gasteiger partial charge on any atom is 0.273 e. The molecule has 4 aromatic carbocycles. The molecule has 0 saturated carbocycles. The third-order valence-corrected chi connectivity index (χ3v) is 8.11. The van der Waals surface area contributed by atoms with Crippen LogP contribution in [-0.4, -0.2) is 34.9 Å². The Kier molecular flexibility index (Phi) is 7.49. The van der Waals surface area contributed by atoms with Gasteiger partial charge in [0.05, 0.1) is 22.4 Å². The van der Waals surface area contributed by atoms with Gasteiger partial charge in [0, 0.05) is 51.8 Å². The van der Waals surface area contributed by atoms with E-state index in [0.29, 0.717) is 34.8 Å². The normalized spacial score (nSPS) is 11.6. The summed E-state index contributed by atoms with van der Waals surface area (Å²) in [6.07, 6.45) is 3.57. The van der Waals surface area contributed by atoms with Crippen LogP contribution in [0, 0.1) is 0 Å². The molecule has 0 radical (unpaired) electrons. The fraction of sp³-hybridized carbons (Fsp3) is 0.100. The molecule has 0 N–H and O–H groups in total. The minimum Gasteiger partial charge on any atom is -0.457 e. The molecule has 0 spiro atoms. The number of aromatic nitrogens is 7. The number of pyridine rings is 2. The lowest BCUT2D eigenvalue weighted by Crippen LogP contribution is -2.19. The minimum absolute atomic E-state index is 0.297. The predicted molar refractivity (Wildman–Crippen MR) is 190 cm³/mol. The molecule has 0 saturated heterocycles. The van der Waals surface area contributed by atoms with Crippen LogP contribution in [0.15, 0.2) is 134 Å². The van der Waals surface area contributed by atoms with Crippen LogP contribution in [0.1, 0.15) is 26.6 Å². The Labute approximate surface area is 282 Å². The van der Waals surface area contributed by atoms with Crippen molar-refractivity contribution in [2.75, 3.05) is 0 Å². The standard InChI is InChI=1S/C40H31N7O2/c1-40(2,3)38-43-45-39(46-44-38)47-36-24-30(48-28-12-8-10-26(22-28)34-14-4-6-20-41-34)16-18-32(36)33-19-17-31(25-37(33)47)49-29-13-9-11-27(23-29)35-15-5-7-21-42-35/h4-25H,1-3H3. The van der Waals surface area contributed by atoms with Crippen molar-refractivity contribution in [3.63, 3.8) is 0 Å². The van der Waals surface area contributed by atoms with Gasteiger partial charge in [0.15, 0.2) is 5.82 Å². The van der Waals surface area contributed by atoms with E-state index >= 15 is 0 Å². The van der Waals surface area contributed by atoms with Crippen LogP contribution in [0.3, 0.4) is 0 Å². The van der Waals surface area contributed by atoms with Crippen molar-refractivity contribution in [3.05, 3.63) is 140 Å². The highest BCUT2D eigenvalue weighted by molar-refractivity contribution is 6.09. The van der Waals surface area contributed by atoms with Crippen LogP contribution in [0.25, 0.3) is 50.3 Å². The van der Waals surface area contributed by atoms with Crippen LogP contribution >= 0.6 is 0 Å². The van der Waals surface area contributed by atoms with Gasteiger partial charge < -0.3 is 9.47 Å². The van der Waals surface area contributed by atoms with Crippen LogP contribution in [-0.2, 0) is 5.41 Å². The Hall–Kier alpha value is -6.48. The molecule has 4 heterocycles. The third-order valence-electron chi connectivity index (χ3n) is 8.11. The van der Waals surface area contributed by atoms with E-state index in [1.165, 1.54) is 0 Å². The minimum atomic E-state index is -0.297. The second-order valence-electron chi connectivity index (χ2n) is 12.7. The zero-order valence-electron chi connectivity index (χ0n) is 27.1. The van der Waals surface area contributed by atoms with Crippen molar-refractivity contribution in [2.45, 2.75) is 26.2 Å². The molecule has 0 fully saturated rings. The van der Waals surface area contributed by atoms with Gasteiger partial charge >= 0.3 is 0 Å². The van der Waals surface area contributed by atoms with Crippen LogP contribution in [0.4, 0.5) is 0 Å². The molecule has 0 aliphatic rings. The summed E-state index contributed by atoms with van der Waals surface area (Å²) >= 11 is 0. The van der Waals surface area contributed by atoms with Gasteiger partial charge in [0.25, 0.3) is 5.95 Å². The molecule has 8 aromatic rings. The first-order valence-corrected chi connectivity index (χ1v) is 15.9. The summed E-state index contributed by atoms with van der Waals surface area (Å²) in [6, 6.07) is 39.5. The summed E-state index contributed by atoms with van der Waals surface area (Å²) in [5.74, 6) is 3.61.